The molecule has 1 rings (SSSR count). The normalized spacial score (nSPS) is 11.7. The highest BCUT2D eigenvalue weighted by atomic mass is 19.1. The van der Waals surface area contributed by atoms with E-state index in [4.69, 9.17) is 5.73 Å². The number of nitrogens with two attached hydrogens (primary N) is 1. The Balaban J connectivity index is 2.84. The quantitative estimate of drug-likeness (QED) is 0.716. The molecule has 0 bridgehead atoms. The molecule has 1 aromatic rings. The lowest BCUT2D eigenvalue weighted by Gasteiger charge is -1.96. The van der Waals surface area contributed by atoms with E-state index in [1.54, 1.807) is 12.1 Å². The largest absolute Gasteiger partial charge is 0.402 e. The number of benzene rings is 1. The van der Waals surface area contributed by atoms with E-state index in [1.807, 2.05) is 13.0 Å². The maximum absolute atomic E-state index is 12.5. The fraction of sp³-hybridized carbons (Fsp3) is 0.200. The van der Waals surface area contributed by atoms with E-state index < -0.39 is 0 Å². The molecule has 1 aromatic carbocycles. The van der Waals surface area contributed by atoms with Crippen molar-refractivity contribution in [3.63, 3.8) is 0 Å². The van der Waals surface area contributed by atoms with Gasteiger partial charge in [0.15, 0.2) is 0 Å². The van der Waals surface area contributed by atoms with Gasteiger partial charge in [-0.1, -0.05) is 19.1 Å². The summed E-state index contributed by atoms with van der Waals surface area (Å²) in [5.41, 5.74) is 7.36. The first kappa shape index (κ1) is 8.78. The van der Waals surface area contributed by atoms with E-state index in [0.717, 1.165) is 17.7 Å². The minimum atomic E-state index is -0.220. The smallest absolute Gasteiger partial charge is 0.123 e. The van der Waals surface area contributed by atoms with E-state index in [-0.39, 0.29) is 5.82 Å². The van der Waals surface area contributed by atoms with Crippen LogP contribution in [0.1, 0.15) is 18.9 Å². The maximum atomic E-state index is 12.5. The number of rotatable bonds is 2. The zero-order valence-electron chi connectivity index (χ0n) is 7.05. The van der Waals surface area contributed by atoms with Gasteiger partial charge in [-0.15, -0.1) is 0 Å². The molecule has 0 aromatic heterocycles. The van der Waals surface area contributed by atoms with Gasteiger partial charge in [0.05, 0.1) is 0 Å². The van der Waals surface area contributed by atoms with Crippen molar-refractivity contribution in [1.82, 2.24) is 0 Å². The van der Waals surface area contributed by atoms with Crippen LogP contribution in [0.3, 0.4) is 0 Å². The fourth-order valence-electron chi connectivity index (χ4n) is 0.875. The Labute approximate surface area is 71.7 Å². The summed E-state index contributed by atoms with van der Waals surface area (Å²) >= 11 is 0. The van der Waals surface area contributed by atoms with Crippen LogP contribution in [0.4, 0.5) is 4.39 Å². The molecule has 0 aliphatic carbocycles. The standard InChI is InChI=1S/C10H12FN/c1-2-10(12)7-8-3-5-9(11)6-4-8/h3-7H,2,12H2,1H3/b10-7-. The molecule has 0 atom stereocenters. The summed E-state index contributed by atoms with van der Waals surface area (Å²) in [5, 5.41) is 0. The lowest BCUT2D eigenvalue weighted by molar-refractivity contribution is 0.628. The highest BCUT2D eigenvalue weighted by Crippen LogP contribution is 2.06. The first-order valence-corrected chi connectivity index (χ1v) is 3.94. The van der Waals surface area contributed by atoms with Crippen LogP contribution in [0.5, 0.6) is 0 Å². The van der Waals surface area contributed by atoms with Crippen molar-refractivity contribution >= 4 is 6.08 Å². The molecule has 0 aliphatic heterocycles. The monoisotopic (exact) mass is 165 g/mol. The van der Waals surface area contributed by atoms with E-state index in [0.29, 0.717) is 0 Å². The third-order valence-corrected chi connectivity index (χ3v) is 1.63. The second-order valence-corrected chi connectivity index (χ2v) is 2.62. The predicted molar refractivity (Wildman–Crippen MR) is 48.9 cm³/mol. The van der Waals surface area contributed by atoms with Crippen LogP contribution in [0, 0.1) is 5.82 Å². The van der Waals surface area contributed by atoms with Gasteiger partial charge in [-0.3, -0.25) is 0 Å². The summed E-state index contributed by atoms with van der Waals surface area (Å²) < 4.78 is 12.5. The molecule has 0 saturated carbocycles. The Morgan fingerprint density at radius 1 is 1.42 bits per heavy atom. The molecule has 64 valence electrons. The van der Waals surface area contributed by atoms with Gasteiger partial charge in [0.1, 0.15) is 5.82 Å². The lowest BCUT2D eigenvalue weighted by atomic mass is 10.2. The minimum absolute atomic E-state index is 0.220. The van der Waals surface area contributed by atoms with Crippen LogP contribution < -0.4 is 5.73 Å². The number of hydrogen-bond donors (Lipinski definition) is 1. The van der Waals surface area contributed by atoms with Gasteiger partial charge < -0.3 is 5.73 Å². The van der Waals surface area contributed by atoms with Crippen molar-refractivity contribution in [2.75, 3.05) is 0 Å². The molecule has 2 heteroatoms. The predicted octanol–water partition coefficient (Wildman–Crippen LogP) is 2.54. The van der Waals surface area contributed by atoms with Gasteiger partial charge in [0, 0.05) is 5.70 Å². The Bertz CT molecular complexity index is 274. The van der Waals surface area contributed by atoms with Gasteiger partial charge in [0.2, 0.25) is 0 Å². The molecule has 2 N–H and O–H groups in total. The molecule has 0 spiro atoms. The van der Waals surface area contributed by atoms with Crippen LogP contribution >= 0.6 is 0 Å². The topological polar surface area (TPSA) is 26.0 Å². The third-order valence-electron chi connectivity index (χ3n) is 1.63. The summed E-state index contributed by atoms with van der Waals surface area (Å²) in [6.45, 7) is 1.98. The van der Waals surface area contributed by atoms with Crippen molar-refractivity contribution in [3.05, 3.63) is 41.3 Å². The highest BCUT2D eigenvalue weighted by molar-refractivity contribution is 5.51. The Morgan fingerprint density at radius 2 is 2.00 bits per heavy atom. The molecule has 0 saturated heterocycles. The molecule has 0 amide bonds. The van der Waals surface area contributed by atoms with E-state index in [1.165, 1.54) is 12.1 Å². The molecule has 0 unspecified atom stereocenters. The zero-order valence-corrected chi connectivity index (χ0v) is 7.05. The van der Waals surface area contributed by atoms with Crippen LogP contribution in [0.2, 0.25) is 0 Å². The molecule has 0 aliphatic rings. The van der Waals surface area contributed by atoms with E-state index in [2.05, 4.69) is 0 Å². The van der Waals surface area contributed by atoms with Crippen molar-refractivity contribution in [3.8, 4) is 0 Å². The maximum Gasteiger partial charge on any atom is 0.123 e. The van der Waals surface area contributed by atoms with Crippen LogP contribution in [0.25, 0.3) is 6.08 Å². The second kappa shape index (κ2) is 3.90. The molecular formula is C10H12FN. The Morgan fingerprint density at radius 3 is 2.50 bits per heavy atom. The van der Waals surface area contributed by atoms with Gasteiger partial charge in [-0.2, -0.15) is 0 Å². The van der Waals surface area contributed by atoms with Gasteiger partial charge in [-0.05, 0) is 30.2 Å². The van der Waals surface area contributed by atoms with Gasteiger partial charge in [-0.25, -0.2) is 4.39 Å². The van der Waals surface area contributed by atoms with Gasteiger partial charge >= 0.3 is 0 Å². The molecule has 0 radical (unpaired) electrons. The fourth-order valence-corrected chi connectivity index (χ4v) is 0.875. The molecular weight excluding hydrogens is 153 g/mol. The second-order valence-electron chi connectivity index (χ2n) is 2.62. The van der Waals surface area contributed by atoms with Crippen molar-refractivity contribution in [1.29, 1.82) is 0 Å². The molecule has 12 heavy (non-hydrogen) atoms. The summed E-state index contributed by atoms with van der Waals surface area (Å²) in [7, 11) is 0. The van der Waals surface area contributed by atoms with E-state index in [9.17, 15) is 4.39 Å². The van der Waals surface area contributed by atoms with Crippen molar-refractivity contribution < 1.29 is 4.39 Å². The average molecular weight is 165 g/mol. The molecule has 0 heterocycles. The summed E-state index contributed by atoms with van der Waals surface area (Å²) in [4.78, 5) is 0. The molecule has 1 nitrogen and oxygen atoms in total. The number of hydrogen-bond acceptors (Lipinski definition) is 1. The van der Waals surface area contributed by atoms with Crippen LogP contribution in [-0.4, -0.2) is 0 Å². The average Bonchev–Trinajstić information content (AvgIpc) is 2.09. The number of allylic oxidation sites excluding steroid dienone is 1. The van der Waals surface area contributed by atoms with Crippen molar-refractivity contribution in [2.45, 2.75) is 13.3 Å². The Hall–Kier alpha value is -1.31. The highest BCUT2D eigenvalue weighted by Gasteiger charge is 1.90. The van der Waals surface area contributed by atoms with Gasteiger partial charge in [0.25, 0.3) is 0 Å². The number of halogens is 1. The lowest BCUT2D eigenvalue weighted by Crippen LogP contribution is -1.93. The Kier molecular flexibility index (Phi) is 2.86. The summed E-state index contributed by atoms with van der Waals surface area (Å²) in [6, 6.07) is 6.26. The van der Waals surface area contributed by atoms with E-state index >= 15 is 0 Å². The van der Waals surface area contributed by atoms with Crippen LogP contribution in [0.15, 0.2) is 30.0 Å². The van der Waals surface area contributed by atoms with Crippen molar-refractivity contribution in [2.24, 2.45) is 5.73 Å². The molecule has 0 fully saturated rings. The van der Waals surface area contributed by atoms with Crippen LogP contribution in [-0.2, 0) is 0 Å². The minimum Gasteiger partial charge on any atom is -0.402 e. The summed E-state index contributed by atoms with van der Waals surface area (Å²) in [6.07, 6.45) is 2.66. The summed E-state index contributed by atoms with van der Waals surface area (Å²) in [5.74, 6) is -0.220. The first-order valence-electron chi connectivity index (χ1n) is 3.94. The third kappa shape index (κ3) is 2.38. The zero-order chi connectivity index (χ0) is 8.97. The SMILES string of the molecule is CC/C(N)=C/c1ccc(F)cc1. The first-order chi connectivity index (χ1) is 5.72.